The smallest absolute Gasteiger partial charge is 0.223 e. The molecular weight excluding hydrogens is 398 g/mol. The molecule has 2 aliphatic rings. The van der Waals surface area contributed by atoms with Gasteiger partial charge in [0.15, 0.2) is 16.7 Å². The normalized spacial score (nSPS) is 18.4. The molecule has 0 bridgehead atoms. The number of carbonyl (C=O) groups excluding carboxylic acids is 1. The number of hydrogen-bond donors (Lipinski definition) is 0. The highest BCUT2D eigenvalue weighted by molar-refractivity contribution is 7.98. The van der Waals surface area contributed by atoms with Gasteiger partial charge in [-0.15, -0.1) is 0 Å². The van der Waals surface area contributed by atoms with Crippen LogP contribution < -0.4 is 9.47 Å². The molecule has 1 fully saturated rings. The molecule has 0 saturated carbocycles. The first kappa shape index (κ1) is 21.0. The molecule has 1 atom stereocenters. The summed E-state index contributed by atoms with van der Waals surface area (Å²) < 4.78 is 11.6. The highest BCUT2D eigenvalue weighted by Crippen LogP contribution is 2.38. The first-order valence-electron chi connectivity index (χ1n) is 10.6. The Bertz CT molecular complexity index is 911. The average Bonchev–Trinajstić information content (AvgIpc) is 3.11. The van der Waals surface area contributed by atoms with Gasteiger partial charge in [-0.1, -0.05) is 17.8 Å². The molecule has 0 spiro atoms. The summed E-state index contributed by atoms with van der Waals surface area (Å²) >= 11 is 1.54. The molecule has 1 aromatic carbocycles. The Morgan fingerprint density at radius 3 is 2.60 bits per heavy atom. The maximum Gasteiger partial charge on any atom is 0.223 e. The fourth-order valence-electron chi connectivity index (χ4n) is 4.34. The summed E-state index contributed by atoms with van der Waals surface area (Å²) in [5, 5.41) is 0.786. The van der Waals surface area contributed by atoms with E-state index >= 15 is 0 Å². The number of hydrogen-bond acceptors (Lipinski definition) is 6. The minimum atomic E-state index is 0.104. The molecule has 2 aromatic rings. The van der Waals surface area contributed by atoms with Gasteiger partial charge in [0, 0.05) is 30.8 Å². The number of fused-ring (bicyclic) bond motifs is 1. The zero-order valence-corrected chi connectivity index (χ0v) is 18.8. The highest BCUT2D eigenvalue weighted by atomic mass is 32.2. The molecule has 0 N–H and O–H groups in total. The molecule has 6 nitrogen and oxygen atoms in total. The van der Waals surface area contributed by atoms with Crippen molar-refractivity contribution in [2.45, 2.75) is 57.1 Å². The predicted octanol–water partition coefficient (Wildman–Crippen LogP) is 4.27. The van der Waals surface area contributed by atoms with Crippen molar-refractivity contribution in [3.8, 4) is 11.5 Å². The Labute approximate surface area is 182 Å². The van der Waals surface area contributed by atoms with Crippen molar-refractivity contribution >= 4 is 17.7 Å². The Balaban J connectivity index is 1.46. The quantitative estimate of drug-likeness (QED) is 0.524. The Morgan fingerprint density at radius 1 is 1.13 bits per heavy atom. The van der Waals surface area contributed by atoms with Crippen LogP contribution in [0.5, 0.6) is 11.5 Å². The van der Waals surface area contributed by atoms with Crippen LogP contribution in [0.1, 0.15) is 54.2 Å². The van der Waals surface area contributed by atoms with Crippen LogP contribution >= 0.6 is 11.8 Å². The number of rotatable bonds is 5. The number of amides is 1. The van der Waals surface area contributed by atoms with Crippen LogP contribution in [-0.4, -0.2) is 46.8 Å². The van der Waals surface area contributed by atoms with E-state index in [4.69, 9.17) is 9.47 Å². The molecule has 160 valence electrons. The van der Waals surface area contributed by atoms with Gasteiger partial charge in [0.1, 0.15) is 0 Å². The number of thioether (sulfide) groups is 1. The van der Waals surface area contributed by atoms with Gasteiger partial charge in [-0.2, -0.15) is 0 Å². The summed E-state index contributed by atoms with van der Waals surface area (Å²) in [6, 6.07) is 6.22. The number of benzene rings is 1. The Kier molecular flexibility index (Phi) is 6.46. The van der Waals surface area contributed by atoms with Crippen LogP contribution in [0, 0.1) is 13.8 Å². The molecule has 30 heavy (non-hydrogen) atoms. The first-order valence-corrected chi connectivity index (χ1v) is 11.9. The van der Waals surface area contributed by atoms with Crippen molar-refractivity contribution in [3.63, 3.8) is 0 Å². The van der Waals surface area contributed by atoms with Crippen molar-refractivity contribution in [2.75, 3.05) is 26.0 Å². The number of aryl methyl sites for hydroxylation is 2. The zero-order valence-electron chi connectivity index (χ0n) is 17.9. The summed E-state index contributed by atoms with van der Waals surface area (Å²) in [5.74, 6) is 1.78. The molecule has 1 amide bonds. The zero-order chi connectivity index (χ0) is 21.1. The molecule has 0 aliphatic carbocycles. The molecule has 0 radical (unpaired) electrons. The minimum Gasteiger partial charge on any atom is -0.490 e. The summed E-state index contributed by atoms with van der Waals surface area (Å²) in [6.07, 6.45) is 6.02. The van der Waals surface area contributed by atoms with Gasteiger partial charge in [0.2, 0.25) is 5.91 Å². The molecule has 2 aliphatic heterocycles. The maximum absolute atomic E-state index is 13.1. The van der Waals surface area contributed by atoms with Gasteiger partial charge < -0.3 is 14.4 Å². The number of aromatic nitrogens is 2. The van der Waals surface area contributed by atoms with Gasteiger partial charge in [0.05, 0.1) is 19.3 Å². The van der Waals surface area contributed by atoms with E-state index in [-0.39, 0.29) is 11.9 Å². The van der Waals surface area contributed by atoms with Crippen molar-refractivity contribution in [3.05, 3.63) is 40.7 Å². The standard InChI is InChI=1S/C23H29N3O3S/c1-15-18(16(2)25-23(24-15)30-3)8-10-22(27)26-11-4-6-19(26)17-7-9-20-21(14-17)29-13-5-12-28-20/h7,9,14,19H,4-6,8,10-13H2,1-3H3/t19-/m0/s1. The number of ether oxygens (including phenoxy) is 2. The van der Waals surface area contributed by atoms with Gasteiger partial charge in [-0.25, -0.2) is 9.97 Å². The van der Waals surface area contributed by atoms with Crippen molar-refractivity contribution in [1.29, 1.82) is 0 Å². The summed E-state index contributed by atoms with van der Waals surface area (Å²) in [6.45, 7) is 6.16. The molecule has 0 unspecified atom stereocenters. The molecule has 4 rings (SSSR count). The fourth-order valence-corrected chi connectivity index (χ4v) is 4.79. The molecule has 3 heterocycles. The third kappa shape index (κ3) is 4.41. The minimum absolute atomic E-state index is 0.104. The van der Waals surface area contributed by atoms with Crippen molar-refractivity contribution in [2.24, 2.45) is 0 Å². The maximum atomic E-state index is 13.1. The van der Waals surface area contributed by atoms with Crippen LogP contribution in [0.15, 0.2) is 23.4 Å². The predicted molar refractivity (Wildman–Crippen MR) is 117 cm³/mol. The van der Waals surface area contributed by atoms with E-state index in [0.717, 1.165) is 65.0 Å². The second-order valence-corrected chi connectivity index (χ2v) is 8.63. The fraction of sp³-hybridized carbons (Fsp3) is 0.522. The van der Waals surface area contributed by atoms with Crippen molar-refractivity contribution in [1.82, 2.24) is 14.9 Å². The third-order valence-electron chi connectivity index (χ3n) is 5.90. The lowest BCUT2D eigenvalue weighted by molar-refractivity contribution is -0.132. The Morgan fingerprint density at radius 2 is 1.87 bits per heavy atom. The SMILES string of the molecule is CSc1nc(C)c(CCC(=O)N2CCC[C@H]2c2ccc3c(c2)OCCCO3)c(C)n1. The lowest BCUT2D eigenvalue weighted by Crippen LogP contribution is -2.30. The molecule has 1 saturated heterocycles. The molecule has 7 heteroatoms. The topological polar surface area (TPSA) is 64.6 Å². The number of likely N-dealkylation sites (tertiary alicyclic amines) is 1. The van der Waals surface area contributed by atoms with Gasteiger partial charge in [-0.3, -0.25) is 4.79 Å². The van der Waals surface area contributed by atoms with Crippen molar-refractivity contribution < 1.29 is 14.3 Å². The molecular formula is C23H29N3O3S. The number of carbonyl (C=O) groups is 1. The van der Waals surface area contributed by atoms with E-state index in [0.29, 0.717) is 26.1 Å². The lowest BCUT2D eigenvalue weighted by Gasteiger charge is -2.26. The largest absolute Gasteiger partial charge is 0.490 e. The molecule has 1 aromatic heterocycles. The highest BCUT2D eigenvalue weighted by Gasteiger charge is 2.30. The second-order valence-electron chi connectivity index (χ2n) is 7.86. The van der Waals surface area contributed by atoms with Crippen LogP contribution in [0.25, 0.3) is 0 Å². The third-order valence-corrected chi connectivity index (χ3v) is 6.45. The van der Waals surface area contributed by atoms with Gasteiger partial charge >= 0.3 is 0 Å². The monoisotopic (exact) mass is 427 g/mol. The van der Waals surface area contributed by atoms with E-state index in [2.05, 4.69) is 22.1 Å². The van der Waals surface area contributed by atoms with Crippen LogP contribution in [-0.2, 0) is 11.2 Å². The lowest BCUT2D eigenvalue weighted by atomic mass is 10.0. The summed E-state index contributed by atoms with van der Waals surface area (Å²) in [5.41, 5.74) is 4.17. The van der Waals surface area contributed by atoms with E-state index in [1.807, 2.05) is 31.1 Å². The van der Waals surface area contributed by atoms with E-state index in [1.165, 1.54) is 0 Å². The van der Waals surface area contributed by atoms with E-state index in [1.54, 1.807) is 11.8 Å². The second kappa shape index (κ2) is 9.25. The summed E-state index contributed by atoms with van der Waals surface area (Å²) in [7, 11) is 0. The average molecular weight is 428 g/mol. The van der Waals surface area contributed by atoms with Crippen LogP contribution in [0.2, 0.25) is 0 Å². The van der Waals surface area contributed by atoms with Gasteiger partial charge in [-0.05, 0) is 62.6 Å². The van der Waals surface area contributed by atoms with Crippen LogP contribution in [0.4, 0.5) is 0 Å². The summed E-state index contributed by atoms with van der Waals surface area (Å²) in [4.78, 5) is 24.2. The van der Waals surface area contributed by atoms with Gasteiger partial charge in [0.25, 0.3) is 0 Å². The van der Waals surface area contributed by atoms with E-state index < -0.39 is 0 Å². The first-order chi connectivity index (χ1) is 14.6. The number of nitrogens with zero attached hydrogens (tertiary/aromatic N) is 3. The Hall–Kier alpha value is -2.28. The van der Waals surface area contributed by atoms with E-state index in [9.17, 15) is 4.79 Å². The van der Waals surface area contributed by atoms with Crippen LogP contribution in [0.3, 0.4) is 0 Å².